The van der Waals surface area contributed by atoms with E-state index in [1.54, 1.807) is 0 Å². The van der Waals surface area contributed by atoms with Crippen LogP contribution in [0.5, 0.6) is 0 Å². The fourth-order valence-corrected chi connectivity index (χ4v) is 3.04. The van der Waals surface area contributed by atoms with Gasteiger partial charge in [0.1, 0.15) is 12.4 Å². The van der Waals surface area contributed by atoms with E-state index < -0.39 is 28.4 Å². The molecule has 1 aromatic rings. The summed E-state index contributed by atoms with van der Waals surface area (Å²) in [5, 5.41) is 0. The number of carbonyl (C=O) groups is 1. The molecular formula is C11H14FNO4S. The quantitative estimate of drug-likeness (QED) is 0.828. The summed E-state index contributed by atoms with van der Waals surface area (Å²) in [6.07, 6.45) is 0. The Balaban J connectivity index is 3.10. The lowest BCUT2D eigenvalue weighted by Gasteiger charge is -2.11. The maximum absolute atomic E-state index is 13.1. The van der Waals surface area contributed by atoms with E-state index in [9.17, 15) is 17.6 Å². The first-order valence-electron chi connectivity index (χ1n) is 5.11. The minimum absolute atomic E-state index is 0.0206. The average Bonchev–Trinajstić information content (AvgIpc) is 2.24. The zero-order chi connectivity index (χ0) is 13.9. The molecule has 7 heteroatoms. The molecular weight excluding hydrogens is 261 g/mol. The van der Waals surface area contributed by atoms with E-state index in [0.717, 1.165) is 19.2 Å². The SMILES string of the molecule is COC(=O)CNS(=O)(=O)c1c(C)cc(F)cc1C. The minimum Gasteiger partial charge on any atom is -0.468 e. The zero-order valence-corrected chi connectivity index (χ0v) is 11.1. The molecule has 0 amide bonds. The van der Waals surface area contributed by atoms with Crippen molar-refractivity contribution in [2.24, 2.45) is 0 Å². The van der Waals surface area contributed by atoms with Crippen LogP contribution in [0.4, 0.5) is 4.39 Å². The third-order valence-corrected chi connectivity index (χ3v) is 4.03. The summed E-state index contributed by atoms with van der Waals surface area (Å²) in [6.45, 7) is 2.51. The maximum Gasteiger partial charge on any atom is 0.320 e. The van der Waals surface area contributed by atoms with Crippen molar-refractivity contribution in [2.45, 2.75) is 18.7 Å². The van der Waals surface area contributed by atoms with Crippen molar-refractivity contribution in [3.63, 3.8) is 0 Å². The van der Waals surface area contributed by atoms with Gasteiger partial charge in [0.05, 0.1) is 12.0 Å². The van der Waals surface area contributed by atoms with Crippen molar-refractivity contribution in [1.82, 2.24) is 4.72 Å². The van der Waals surface area contributed by atoms with Gasteiger partial charge in [-0.3, -0.25) is 4.79 Å². The first-order chi connectivity index (χ1) is 8.27. The van der Waals surface area contributed by atoms with Gasteiger partial charge in [-0.05, 0) is 37.1 Å². The van der Waals surface area contributed by atoms with Crippen molar-refractivity contribution < 1.29 is 22.3 Å². The Morgan fingerprint density at radius 2 is 1.83 bits per heavy atom. The van der Waals surface area contributed by atoms with Gasteiger partial charge >= 0.3 is 5.97 Å². The molecule has 0 saturated heterocycles. The van der Waals surface area contributed by atoms with Gasteiger partial charge in [0.25, 0.3) is 0 Å². The topological polar surface area (TPSA) is 72.5 Å². The van der Waals surface area contributed by atoms with Gasteiger partial charge in [-0.1, -0.05) is 0 Å². The van der Waals surface area contributed by atoms with Crippen LogP contribution in [0.3, 0.4) is 0 Å². The van der Waals surface area contributed by atoms with Crippen LogP contribution in [0.2, 0.25) is 0 Å². The molecule has 1 aromatic carbocycles. The van der Waals surface area contributed by atoms with E-state index in [0.29, 0.717) is 0 Å². The van der Waals surface area contributed by atoms with Crippen LogP contribution in [0.15, 0.2) is 17.0 Å². The van der Waals surface area contributed by atoms with Gasteiger partial charge in [0.15, 0.2) is 0 Å². The lowest BCUT2D eigenvalue weighted by molar-refractivity contribution is -0.139. The summed E-state index contributed by atoms with van der Waals surface area (Å²) in [5.41, 5.74) is 0.565. The summed E-state index contributed by atoms with van der Waals surface area (Å²) in [6, 6.07) is 2.25. The standard InChI is InChI=1S/C11H14FNO4S/c1-7-4-9(12)5-8(2)11(7)18(15,16)13-6-10(14)17-3/h4-5,13H,6H2,1-3H3. The number of sulfonamides is 1. The van der Waals surface area contributed by atoms with Crippen LogP contribution in [0.25, 0.3) is 0 Å². The second kappa shape index (κ2) is 5.45. The number of carbonyl (C=O) groups excluding carboxylic acids is 1. The molecule has 0 aromatic heterocycles. The van der Waals surface area contributed by atoms with Crippen molar-refractivity contribution in [2.75, 3.05) is 13.7 Å². The summed E-state index contributed by atoms with van der Waals surface area (Å²) in [7, 11) is -2.70. The molecule has 5 nitrogen and oxygen atoms in total. The number of nitrogens with one attached hydrogen (secondary N) is 1. The maximum atomic E-state index is 13.1. The van der Waals surface area contributed by atoms with E-state index in [1.807, 2.05) is 0 Å². The minimum atomic E-state index is -3.86. The summed E-state index contributed by atoms with van der Waals surface area (Å²) >= 11 is 0. The van der Waals surface area contributed by atoms with Crippen molar-refractivity contribution in [1.29, 1.82) is 0 Å². The number of ether oxygens (including phenoxy) is 1. The zero-order valence-electron chi connectivity index (χ0n) is 10.3. The van der Waals surface area contributed by atoms with E-state index in [1.165, 1.54) is 13.8 Å². The Bertz CT molecular complexity index is 545. The molecule has 0 unspecified atom stereocenters. The highest BCUT2D eigenvalue weighted by molar-refractivity contribution is 7.89. The first kappa shape index (κ1) is 14.6. The normalized spacial score (nSPS) is 11.3. The number of aryl methyl sites for hydroxylation is 2. The van der Waals surface area contributed by atoms with Gasteiger partial charge in [-0.15, -0.1) is 0 Å². The number of methoxy groups -OCH3 is 1. The largest absolute Gasteiger partial charge is 0.468 e. The Morgan fingerprint density at radius 1 is 1.33 bits per heavy atom. The first-order valence-corrected chi connectivity index (χ1v) is 6.59. The Kier molecular flexibility index (Phi) is 4.42. The van der Waals surface area contributed by atoms with Crippen LogP contribution in [-0.2, 0) is 19.6 Å². The third kappa shape index (κ3) is 3.27. The van der Waals surface area contributed by atoms with Gasteiger partial charge < -0.3 is 4.74 Å². The third-order valence-electron chi connectivity index (χ3n) is 2.33. The van der Waals surface area contributed by atoms with Crippen LogP contribution in [-0.4, -0.2) is 28.0 Å². The highest BCUT2D eigenvalue weighted by Gasteiger charge is 2.21. The number of halogens is 1. The summed E-state index contributed by atoms with van der Waals surface area (Å²) in [4.78, 5) is 10.9. The molecule has 0 spiro atoms. The van der Waals surface area contributed by atoms with Crippen molar-refractivity contribution in [3.05, 3.63) is 29.1 Å². The number of rotatable bonds is 4. The van der Waals surface area contributed by atoms with Crippen molar-refractivity contribution in [3.8, 4) is 0 Å². The highest BCUT2D eigenvalue weighted by Crippen LogP contribution is 2.20. The lowest BCUT2D eigenvalue weighted by Crippen LogP contribution is -2.31. The average molecular weight is 275 g/mol. The lowest BCUT2D eigenvalue weighted by atomic mass is 10.1. The highest BCUT2D eigenvalue weighted by atomic mass is 32.2. The van der Waals surface area contributed by atoms with Gasteiger partial charge in [0.2, 0.25) is 10.0 Å². The van der Waals surface area contributed by atoms with Crippen LogP contribution >= 0.6 is 0 Å². The van der Waals surface area contributed by atoms with Gasteiger partial charge in [-0.2, -0.15) is 4.72 Å². The van der Waals surface area contributed by atoms with Gasteiger partial charge in [0, 0.05) is 0 Å². The van der Waals surface area contributed by atoms with E-state index >= 15 is 0 Å². The molecule has 0 heterocycles. The molecule has 18 heavy (non-hydrogen) atoms. The molecule has 0 bridgehead atoms. The second-order valence-electron chi connectivity index (χ2n) is 3.77. The van der Waals surface area contributed by atoms with E-state index in [-0.39, 0.29) is 16.0 Å². The van der Waals surface area contributed by atoms with Crippen LogP contribution < -0.4 is 4.72 Å². The van der Waals surface area contributed by atoms with Crippen LogP contribution in [0.1, 0.15) is 11.1 Å². The van der Waals surface area contributed by atoms with Crippen molar-refractivity contribution >= 4 is 16.0 Å². The Hall–Kier alpha value is -1.47. The molecule has 0 radical (unpaired) electrons. The van der Waals surface area contributed by atoms with Crippen LogP contribution in [0, 0.1) is 19.7 Å². The second-order valence-corrected chi connectivity index (χ2v) is 5.47. The molecule has 0 aliphatic carbocycles. The smallest absolute Gasteiger partial charge is 0.320 e. The predicted octanol–water partition coefficient (Wildman–Crippen LogP) is 0.894. The number of esters is 1. The fraction of sp³-hybridized carbons (Fsp3) is 0.364. The summed E-state index contributed by atoms with van der Waals surface area (Å²) in [5.74, 6) is -1.20. The molecule has 1 rings (SSSR count). The molecule has 100 valence electrons. The molecule has 0 aliphatic heterocycles. The Labute approximate surface area is 105 Å². The van der Waals surface area contributed by atoms with E-state index in [2.05, 4.69) is 9.46 Å². The molecule has 0 aliphatic rings. The number of benzene rings is 1. The summed E-state index contributed by atoms with van der Waals surface area (Å²) < 4.78 is 43.4. The fourth-order valence-electron chi connectivity index (χ4n) is 1.62. The number of hydrogen-bond acceptors (Lipinski definition) is 4. The van der Waals surface area contributed by atoms with E-state index in [4.69, 9.17) is 0 Å². The van der Waals surface area contributed by atoms with Gasteiger partial charge in [-0.25, -0.2) is 12.8 Å². The predicted molar refractivity (Wildman–Crippen MR) is 63.1 cm³/mol. The molecule has 0 fully saturated rings. The molecule has 0 saturated carbocycles. The Morgan fingerprint density at radius 3 is 2.28 bits per heavy atom. The monoisotopic (exact) mass is 275 g/mol. The molecule has 1 N–H and O–H groups in total. The number of hydrogen-bond donors (Lipinski definition) is 1. The molecule has 0 atom stereocenters.